The van der Waals surface area contributed by atoms with Crippen molar-refractivity contribution in [1.29, 1.82) is 0 Å². The molecule has 0 saturated heterocycles. The highest BCUT2D eigenvalue weighted by atomic mass is 16.5. The summed E-state index contributed by atoms with van der Waals surface area (Å²) >= 11 is 0. The van der Waals surface area contributed by atoms with E-state index < -0.39 is 0 Å². The molecular weight excluding hydrogens is 326 g/mol. The van der Waals surface area contributed by atoms with E-state index in [2.05, 4.69) is 33.0 Å². The average molecular weight is 360 g/mol. The molecule has 1 saturated carbocycles. The van der Waals surface area contributed by atoms with Gasteiger partial charge in [0.15, 0.2) is 0 Å². The van der Waals surface area contributed by atoms with Crippen LogP contribution in [0.15, 0.2) is 24.3 Å². The highest BCUT2D eigenvalue weighted by molar-refractivity contribution is 5.92. The second-order valence-electron chi connectivity index (χ2n) is 8.78. The molecule has 1 fully saturated rings. The Balaban J connectivity index is 2.06. The predicted octanol–water partition coefficient (Wildman–Crippen LogP) is 5.35. The topological polar surface area (TPSA) is 55.4 Å². The zero-order valence-electron chi connectivity index (χ0n) is 17.0. The van der Waals surface area contributed by atoms with Crippen molar-refractivity contribution in [3.8, 4) is 0 Å². The molecule has 1 aromatic rings. The average Bonchev–Trinajstić information content (AvgIpc) is 2.53. The summed E-state index contributed by atoms with van der Waals surface area (Å²) in [5.41, 5.74) is 1.92. The Kier molecular flexibility index (Phi) is 6.48. The number of esters is 1. The van der Waals surface area contributed by atoms with Crippen molar-refractivity contribution in [3.63, 3.8) is 0 Å². The maximum Gasteiger partial charge on any atom is 0.303 e. The molecule has 4 nitrogen and oxygen atoms in total. The third-order valence-electron chi connectivity index (χ3n) is 5.63. The van der Waals surface area contributed by atoms with Crippen molar-refractivity contribution in [2.24, 2.45) is 23.2 Å². The number of hydrogen-bond donors (Lipinski definition) is 1. The maximum absolute atomic E-state index is 13.0. The number of carbonyl (C=O) groups is 2. The van der Waals surface area contributed by atoms with Crippen molar-refractivity contribution in [2.75, 3.05) is 5.32 Å². The summed E-state index contributed by atoms with van der Waals surface area (Å²) in [5.74, 6) is 0.824. The molecule has 3 unspecified atom stereocenters. The van der Waals surface area contributed by atoms with E-state index in [-0.39, 0.29) is 29.3 Å². The Bertz CT molecular complexity index is 633. The maximum atomic E-state index is 13.0. The molecule has 0 spiro atoms. The van der Waals surface area contributed by atoms with E-state index in [0.29, 0.717) is 11.8 Å². The van der Waals surface area contributed by atoms with Crippen LogP contribution in [0.25, 0.3) is 0 Å². The van der Waals surface area contributed by atoms with Crippen molar-refractivity contribution in [2.45, 2.75) is 66.9 Å². The first-order valence-electron chi connectivity index (χ1n) is 9.67. The highest BCUT2D eigenvalue weighted by Gasteiger charge is 2.39. The zero-order valence-corrected chi connectivity index (χ0v) is 17.0. The summed E-state index contributed by atoms with van der Waals surface area (Å²) in [4.78, 5) is 24.0. The fourth-order valence-corrected chi connectivity index (χ4v) is 4.08. The first kappa shape index (κ1) is 20.5. The summed E-state index contributed by atoms with van der Waals surface area (Å²) in [5, 5.41) is 3.09. The lowest BCUT2D eigenvalue weighted by atomic mass is 9.64. The van der Waals surface area contributed by atoms with E-state index in [9.17, 15) is 9.59 Å². The smallest absolute Gasteiger partial charge is 0.303 e. The minimum Gasteiger partial charge on any atom is -0.458 e. The minimum absolute atomic E-state index is 0.0541. The lowest BCUT2D eigenvalue weighted by Crippen LogP contribution is -2.39. The van der Waals surface area contributed by atoms with Crippen molar-refractivity contribution < 1.29 is 14.3 Å². The molecule has 1 aliphatic rings. The molecule has 1 aromatic carbocycles. The van der Waals surface area contributed by atoms with Crippen LogP contribution >= 0.6 is 0 Å². The molecule has 2 rings (SSSR count). The third-order valence-corrected chi connectivity index (χ3v) is 5.63. The van der Waals surface area contributed by atoms with Gasteiger partial charge in [-0.25, -0.2) is 0 Å². The quantitative estimate of drug-likeness (QED) is 0.721. The van der Waals surface area contributed by atoms with Gasteiger partial charge >= 0.3 is 5.97 Å². The van der Waals surface area contributed by atoms with E-state index in [1.54, 1.807) is 0 Å². The number of carbonyl (C=O) groups excluding carboxylic acids is 2. The second kappa shape index (κ2) is 8.24. The van der Waals surface area contributed by atoms with Crippen LogP contribution in [0, 0.1) is 23.2 Å². The van der Waals surface area contributed by atoms with Gasteiger partial charge in [-0.3, -0.25) is 9.59 Å². The molecule has 0 bridgehead atoms. The highest BCUT2D eigenvalue weighted by Crippen LogP contribution is 2.45. The lowest BCUT2D eigenvalue weighted by Gasteiger charge is -2.41. The number of anilines is 1. The van der Waals surface area contributed by atoms with E-state index in [1.807, 2.05) is 31.2 Å². The standard InChI is InChI=1S/C22H33NO3/c1-14(2)19-11-12-22(5,6)13-20(19)21(25)23-18-9-7-17(8-10-18)15(3)26-16(4)24/h7-10,14-15,19-20H,11-13H2,1-6H3,(H,23,25). The second-order valence-corrected chi connectivity index (χ2v) is 8.78. The van der Waals surface area contributed by atoms with Crippen molar-refractivity contribution in [3.05, 3.63) is 29.8 Å². The van der Waals surface area contributed by atoms with Gasteiger partial charge in [0.25, 0.3) is 0 Å². The van der Waals surface area contributed by atoms with Gasteiger partial charge in [-0.05, 0) is 61.1 Å². The van der Waals surface area contributed by atoms with Crippen LogP contribution in [-0.4, -0.2) is 11.9 Å². The molecule has 1 aliphatic carbocycles. The van der Waals surface area contributed by atoms with E-state index >= 15 is 0 Å². The van der Waals surface area contributed by atoms with Gasteiger partial charge in [-0.1, -0.05) is 39.8 Å². The van der Waals surface area contributed by atoms with Crippen LogP contribution in [0.4, 0.5) is 5.69 Å². The van der Waals surface area contributed by atoms with Crippen LogP contribution in [0.5, 0.6) is 0 Å². The third kappa shape index (κ3) is 5.33. The molecule has 3 atom stereocenters. The van der Waals surface area contributed by atoms with Gasteiger partial charge in [0, 0.05) is 18.5 Å². The monoisotopic (exact) mass is 359 g/mol. The number of hydrogen-bond acceptors (Lipinski definition) is 3. The van der Waals surface area contributed by atoms with Gasteiger partial charge in [0.2, 0.25) is 5.91 Å². The Morgan fingerprint density at radius 3 is 2.31 bits per heavy atom. The molecule has 0 heterocycles. The minimum atomic E-state index is -0.297. The number of amides is 1. The molecule has 0 radical (unpaired) electrons. The van der Waals surface area contributed by atoms with Crippen LogP contribution in [0.3, 0.4) is 0 Å². The largest absolute Gasteiger partial charge is 0.458 e. The van der Waals surface area contributed by atoms with Crippen LogP contribution in [-0.2, 0) is 14.3 Å². The number of ether oxygens (including phenoxy) is 1. The van der Waals surface area contributed by atoms with Crippen LogP contribution in [0.2, 0.25) is 0 Å². The van der Waals surface area contributed by atoms with Crippen molar-refractivity contribution in [1.82, 2.24) is 0 Å². The summed E-state index contributed by atoms with van der Waals surface area (Å²) in [6.45, 7) is 12.2. The molecule has 26 heavy (non-hydrogen) atoms. The molecule has 4 heteroatoms. The lowest BCUT2D eigenvalue weighted by molar-refractivity contribution is -0.145. The fraction of sp³-hybridized carbons (Fsp3) is 0.636. The van der Waals surface area contributed by atoms with E-state index in [1.165, 1.54) is 13.3 Å². The summed E-state index contributed by atoms with van der Waals surface area (Å²) in [6, 6.07) is 7.55. The van der Waals surface area contributed by atoms with Gasteiger partial charge < -0.3 is 10.1 Å². The predicted molar refractivity (Wildman–Crippen MR) is 105 cm³/mol. The molecular formula is C22H33NO3. The fourth-order valence-electron chi connectivity index (χ4n) is 4.08. The van der Waals surface area contributed by atoms with Crippen LogP contribution < -0.4 is 5.32 Å². The summed E-state index contributed by atoms with van der Waals surface area (Å²) in [7, 11) is 0. The molecule has 144 valence electrons. The zero-order chi connectivity index (χ0) is 19.5. The molecule has 0 aliphatic heterocycles. The van der Waals surface area contributed by atoms with Crippen molar-refractivity contribution >= 4 is 17.6 Å². The first-order valence-corrected chi connectivity index (χ1v) is 9.67. The van der Waals surface area contributed by atoms with Gasteiger partial charge in [0.05, 0.1) is 0 Å². The van der Waals surface area contributed by atoms with E-state index in [4.69, 9.17) is 4.74 Å². The number of rotatable bonds is 5. The Morgan fingerprint density at radius 2 is 1.77 bits per heavy atom. The number of nitrogens with one attached hydrogen (secondary N) is 1. The van der Waals surface area contributed by atoms with Gasteiger partial charge in [0.1, 0.15) is 6.10 Å². The summed E-state index contributed by atoms with van der Waals surface area (Å²) < 4.78 is 5.19. The Morgan fingerprint density at radius 1 is 1.15 bits per heavy atom. The normalized spacial score (nSPS) is 23.3. The van der Waals surface area contributed by atoms with Gasteiger partial charge in [-0.2, -0.15) is 0 Å². The molecule has 0 aromatic heterocycles. The number of benzene rings is 1. The Labute approximate surface area is 157 Å². The van der Waals surface area contributed by atoms with E-state index in [0.717, 1.165) is 24.1 Å². The molecule has 1 N–H and O–H groups in total. The first-order chi connectivity index (χ1) is 12.1. The van der Waals surface area contributed by atoms with Gasteiger partial charge in [-0.15, -0.1) is 0 Å². The Hall–Kier alpha value is -1.84. The summed E-state index contributed by atoms with van der Waals surface area (Å²) in [6.07, 6.45) is 2.94. The SMILES string of the molecule is CC(=O)OC(C)c1ccc(NC(=O)C2CC(C)(C)CCC2C(C)C)cc1. The molecule has 1 amide bonds. The van der Waals surface area contributed by atoms with Crippen LogP contribution in [0.1, 0.15) is 72.5 Å².